The Morgan fingerprint density at radius 2 is 1.92 bits per heavy atom. The first-order valence-electron chi connectivity index (χ1n) is 8.42. The number of carbonyl (C=O) groups excluding carboxylic acids is 2. The fourth-order valence-electron chi connectivity index (χ4n) is 2.09. The normalized spacial score (nSPS) is 10.1. The van der Waals surface area contributed by atoms with E-state index >= 15 is 0 Å². The Morgan fingerprint density at radius 1 is 1.15 bits per heavy atom. The van der Waals surface area contributed by atoms with Crippen molar-refractivity contribution < 1.29 is 14.3 Å². The number of nitrogens with zero attached hydrogens (tertiary/aromatic N) is 2. The lowest BCUT2D eigenvalue weighted by molar-refractivity contribution is -0.141. The van der Waals surface area contributed by atoms with Crippen LogP contribution < -0.4 is 16.0 Å². The highest BCUT2D eigenvalue weighted by Crippen LogP contribution is 2.22. The monoisotopic (exact) mass is 357 g/mol. The van der Waals surface area contributed by atoms with Gasteiger partial charge in [0.05, 0.1) is 19.7 Å². The van der Waals surface area contributed by atoms with Gasteiger partial charge in [-0.05, 0) is 18.6 Å². The van der Waals surface area contributed by atoms with Gasteiger partial charge in [-0.1, -0.05) is 25.1 Å². The van der Waals surface area contributed by atoms with Crippen LogP contribution in [0.25, 0.3) is 0 Å². The Hall–Kier alpha value is -3.16. The molecule has 138 valence electrons. The van der Waals surface area contributed by atoms with Crippen molar-refractivity contribution in [3.05, 3.63) is 36.5 Å². The van der Waals surface area contributed by atoms with Crippen LogP contribution in [0, 0.1) is 0 Å². The van der Waals surface area contributed by atoms with E-state index in [1.807, 2.05) is 37.3 Å². The molecule has 0 aliphatic carbocycles. The first kappa shape index (κ1) is 19.2. The number of hydrogen-bond acceptors (Lipinski definition) is 7. The summed E-state index contributed by atoms with van der Waals surface area (Å²) in [6.45, 7) is 2.73. The van der Waals surface area contributed by atoms with E-state index in [2.05, 4.69) is 30.7 Å². The molecule has 0 unspecified atom stereocenters. The van der Waals surface area contributed by atoms with Crippen molar-refractivity contribution in [3.8, 4) is 0 Å². The molecular weight excluding hydrogens is 334 g/mol. The minimum absolute atomic E-state index is 0.0224. The third-order valence-electron chi connectivity index (χ3n) is 3.42. The number of hydrogen-bond donors (Lipinski definition) is 3. The summed E-state index contributed by atoms with van der Waals surface area (Å²) in [6.07, 6.45) is 2.49. The number of aromatic nitrogens is 2. The largest absolute Gasteiger partial charge is 0.469 e. The smallest absolute Gasteiger partial charge is 0.306 e. The van der Waals surface area contributed by atoms with E-state index in [1.54, 1.807) is 0 Å². The summed E-state index contributed by atoms with van der Waals surface area (Å²) in [7, 11) is 1.29. The van der Waals surface area contributed by atoms with Gasteiger partial charge in [-0.15, -0.1) is 0 Å². The standard InChI is InChI=1S/C18H23N5O3/c1-3-11-19-17-14(22-15(24)9-10-16(25)26-2)12-20-18(23-17)21-13-7-5-4-6-8-13/h4-8,12H,3,9-11H2,1-2H3,(H,22,24)(H2,19,20,21,23). The fourth-order valence-corrected chi connectivity index (χ4v) is 2.09. The molecule has 3 N–H and O–H groups in total. The second-order valence-electron chi connectivity index (χ2n) is 5.50. The van der Waals surface area contributed by atoms with Gasteiger partial charge in [-0.25, -0.2) is 4.98 Å². The number of esters is 1. The van der Waals surface area contributed by atoms with Gasteiger partial charge in [-0.2, -0.15) is 4.98 Å². The molecule has 1 aromatic carbocycles. The zero-order valence-electron chi connectivity index (χ0n) is 14.9. The number of benzene rings is 1. The van der Waals surface area contributed by atoms with Crippen molar-refractivity contribution in [2.24, 2.45) is 0 Å². The molecule has 1 amide bonds. The van der Waals surface area contributed by atoms with Crippen LogP contribution in [0.2, 0.25) is 0 Å². The van der Waals surface area contributed by atoms with Crippen LogP contribution in [-0.2, 0) is 14.3 Å². The molecule has 1 heterocycles. The van der Waals surface area contributed by atoms with E-state index in [0.717, 1.165) is 12.1 Å². The van der Waals surface area contributed by atoms with Gasteiger partial charge in [0, 0.05) is 18.7 Å². The molecule has 0 saturated heterocycles. The molecule has 0 saturated carbocycles. The van der Waals surface area contributed by atoms with E-state index in [1.165, 1.54) is 13.3 Å². The van der Waals surface area contributed by atoms with Gasteiger partial charge >= 0.3 is 5.97 Å². The van der Waals surface area contributed by atoms with Crippen molar-refractivity contribution in [1.29, 1.82) is 0 Å². The second kappa shape index (κ2) is 9.97. The maximum absolute atomic E-state index is 12.0. The van der Waals surface area contributed by atoms with Gasteiger partial charge in [0.15, 0.2) is 5.82 Å². The molecule has 2 rings (SSSR count). The number of rotatable bonds is 9. The number of para-hydroxylation sites is 1. The van der Waals surface area contributed by atoms with Gasteiger partial charge in [0.2, 0.25) is 11.9 Å². The molecule has 0 aliphatic rings. The summed E-state index contributed by atoms with van der Waals surface area (Å²) in [5.74, 6) is 0.208. The van der Waals surface area contributed by atoms with Gasteiger partial charge < -0.3 is 20.7 Å². The Labute approximate surface area is 152 Å². The van der Waals surface area contributed by atoms with Crippen LogP contribution in [0.5, 0.6) is 0 Å². The molecule has 8 nitrogen and oxygen atoms in total. The molecule has 8 heteroatoms. The van der Waals surface area contributed by atoms with Gasteiger partial charge in [0.25, 0.3) is 0 Å². The maximum atomic E-state index is 12.0. The van der Waals surface area contributed by atoms with Crippen LogP contribution in [0.15, 0.2) is 36.5 Å². The zero-order chi connectivity index (χ0) is 18.8. The quantitative estimate of drug-likeness (QED) is 0.593. The van der Waals surface area contributed by atoms with Crippen molar-refractivity contribution in [3.63, 3.8) is 0 Å². The Kier molecular flexibility index (Phi) is 7.35. The van der Waals surface area contributed by atoms with Crippen LogP contribution >= 0.6 is 0 Å². The van der Waals surface area contributed by atoms with Crippen LogP contribution in [0.3, 0.4) is 0 Å². The van der Waals surface area contributed by atoms with Gasteiger partial charge in [-0.3, -0.25) is 9.59 Å². The first-order valence-corrected chi connectivity index (χ1v) is 8.42. The average molecular weight is 357 g/mol. The maximum Gasteiger partial charge on any atom is 0.306 e. The SMILES string of the molecule is CCCNc1nc(Nc2ccccc2)ncc1NC(=O)CCC(=O)OC. The van der Waals surface area contributed by atoms with E-state index < -0.39 is 5.97 Å². The van der Waals surface area contributed by atoms with Crippen molar-refractivity contribution >= 4 is 35.0 Å². The highest BCUT2D eigenvalue weighted by Gasteiger charge is 2.12. The van der Waals surface area contributed by atoms with Crippen LogP contribution in [-0.4, -0.2) is 35.5 Å². The van der Waals surface area contributed by atoms with Crippen molar-refractivity contribution in [1.82, 2.24) is 9.97 Å². The highest BCUT2D eigenvalue weighted by atomic mass is 16.5. The fraction of sp³-hybridized carbons (Fsp3) is 0.333. The lowest BCUT2D eigenvalue weighted by atomic mass is 10.3. The highest BCUT2D eigenvalue weighted by molar-refractivity contribution is 5.94. The zero-order valence-corrected chi connectivity index (χ0v) is 14.9. The molecule has 26 heavy (non-hydrogen) atoms. The van der Waals surface area contributed by atoms with Crippen molar-refractivity contribution in [2.45, 2.75) is 26.2 Å². The summed E-state index contributed by atoms with van der Waals surface area (Å²) in [5, 5.41) is 9.01. The molecule has 0 spiro atoms. The molecule has 0 atom stereocenters. The third kappa shape index (κ3) is 6.04. The summed E-state index contributed by atoms with van der Waals surface area (Å²) >= 11 is 0. The first-order chi connectivity index (χ1) is 12.6. The summed E-state index contributed by atoms with van der Waals surface area (Å²) < 4.78 is 4.54. The predicted molar refractivity (Wildman–Crippen MR) is 100 cm³/mol. The van der Waals surface area contributed by atoms with Crippen LogP contribution in [0.1, 0.15) is 26.2 Å². The lowest BCUT2D eigenvalue weighted by Gasteiger charge is -2.13. The van der Waals surface area contributed by atoms with E-state index in [-0.39, 0.29) is 18.7 Å². The second-order valence-corrected chi connectivity index (χ2v) is 5.50. The molecule has 1 aromatic heterocycles. The summed E-state index contributed by atoms with van der Waals surface area (Å²) in [6, 6.07) is 9.56. The lowest BCUT2D eigenvalue weighted by Crippen LogP contribution is -2.17. The molecule has 2 aromatic rings. The minimum atomic E-state index is -0.428. The summed E-state index contributed by atoms with van der Waals surface area (Å²) in [4.78, 5) is 31.8. The number of ether oxygens (including phenoxy) is 1. The number of nitrogens with one attached hydrogen (secondary N) is 3. The van der Waals surface area contributed by atoms with E-state index in [4.69, 9.17) is 0 Å². The molecule has 0 bridgehead atoms. The third-order valence-corrected chi connectivity index (χ3v) is 3.42. The topological polar surface area (TPSA) is 105 Å². The number of carbonyl (C=O) groups is 2. The predicted octanol–water partition coefficient (Wildman–Crippen LogP) is 2.93. The Bertz CT molecular complexity index is 737. The molecular formula is C18H23N5O3. The number of anilines is 4. The Balaban J connectivity index is 2.09. The molecule has 0 radical (unpaired) electrons. The molecule has 0 aliphatic heterocycles. The van der Waals surface area contributed by atoms with Crippen molar-refractivity contribution in [2.75, 3.05) is 29.6 Å². The molecule has 0 fully saturated rings. The minimum Gasteiger partial charge on any atom is -0.469 e. The summed E-state index contributed by atoms with van der Waals surface area (Å²) in [5.41, 5.74) is 1.33. The van der Waals surface area contributed by atoms with E-state index in [0.29, 0.717) is 24.0 Å². The number of methoxy groups -OCH3 is 1. The average Bonchev–Trinajstić information content (AvgIpc) is 2.66. The van der Waals surface area contributed by atoms with Gasteiger partial charge in [0.1, 0.15) is 5.69 Å². The Morgan fingerprint density at radius 3 is 2.62 bits per heavy atom. The van der Waals surface area contributed by atoms with E-state index in [9.17, 15) is 9.59 Å². The van der Waals surface area contributed by atoms with Crippen LogP contribution in [0.4, 0.5) is 23.1 Å². The number of amides is 1.